The third-order valence-corrected chi connectivity index (χ3v) is 1.93. The smallest absolute Gasteiger partial charge is 0.858 e. The minimum atomic E-state index is -2.44. The average molecular weight is 236 g/mol. The van der Waals surface area contributed by atoms with Gasteiger partial charge < -0.3 is 19.5 Å². The van der Waals surface area contributed by atoms with Crippen LogP contribution < -0.4 is 52.5 Å². The number of nitrogens with zero attached hydrogens (tertiary/aromatic N) is 2. The monoisotopic (exact) mass is 236 g/mol. The molecule has 0 heterocycles. The minimum Gasteiger partial charge on any atom is -0.858 e. The Morgan fingerprint density at radius 2 is 1.94 bits per heavy atom. The first-order valence-corrected chi connectivity index (χ1v) is 4.62. The van der Waals surface area contributed by atoms with E-state index >= 15 is 0 Å². The van der Waals surface area contributed by atoms with E-state index in [1.807, 2.05) is 25.1 Å². The summed E-state index contributed by atoms with van der Waals surface area (Å²) in [7, 11) is -0.881. The van der Waals surface area contributed by atoms with Crippen LogP contribution in [0.3, 0.4) is 0 Å². The van der Waals surface area contributed by atoms with Crippen LogP contribution in [0.4, 0.5) is 0 Å². The molecule has 0 spiro atoms. The van der Waals surface area contributed by atoms with E-state index in [0.717, 1.165) is 11.1 Å². The third-order valence-electron chi connectivity index (χ3n) is 1.93. The molecule has 1 aromatic carbocycles. The Hall–Kier alpha value is -0.400. The molecular formula is C9H11BLi2N2O4. The second-order valence-corrected chi connectivity index (χ2v) is 3.04. The fraction of sp³-hybridized carbons (Fsp3) is 0.333. The van der Waals surface area contributed by atoms with Crippen LogP contribution in [0, 0.1) is 6.92 Å². The summed E-state index contributed by atoms with van der Waals surface area (Å²) in [5.41, 5.74) is 1.78. The van der Waals surface area contributed by atoms with Crippen LogP contribution in [-0.2, 0) is 11.3 Å². The van der Waals surface area contributed by atoms with E-state index in [1.54, 1.807) is 7.11 Å². The van der Waals surface area contributed by atoms with Crippen LogP contribution >= 0.6 is 0 Å². The predicted molar refractivity (Wildman–Crippen MR) is 53.1 cm³/mol. The number of hydrogen-bond acceptors (Lipinski definition) is 6. The van der Waals surface area contributed by atoms with E-state index in [4.69, 9.17) is 4.74 Å². The Labute approximate surface area is 130 Å². The zero-order valence-corrected chi connectivity index (χ0v) is 11.0. The molecule has 0 atom stereocenters. The fourth-order valence-electron chi connectivity index (χ4n) is 1.31. The van der Waals surface area contributed by atoms with E-state index in [-0.39, 0.29) is 44.3 Å². The number of aryl methyl sites for hydroxylation is 1. The maximum absolute atomic E-state index is 9.96. The second kappa shape index (κ2) is 10.5. The molecule has 6 nitrogen and oxygen atoms in total. The van der Waals surface area contributed by atoms with E-state index in [9.17, 15) is 10.0 Å². The van der Waals surface area contributed by atoms with Crippen LogP contribution in [0.25, 0.3) is 0 Å². The fourth-order valence-corrected chi connectivity index (χ4v) is 1.31. The molecule has 0 aliphatic heterocycles. The molecule has 0 fully saturated rings. The summed E-state index contributed by atoms with van der Waals surface area (Å²) in [4.78, 5) is 0. The zero-order valence-electron chi connectivity index (χ0n) is 11.0. The summed E-state index contributed by atoms with van der Waals surface area (Å²) in [5, 5.41) is 26.5. The normalized spacial score (nSPS) is 9.33. The van der Waals surface area contributed by atoms with Gasteiger partial charge in [-0.1, -0.05) is 18.2 Å². The molecule has 0 saturated carbocycles. The molecule has 0 aliphatic rings. The molecule has 1 aromatic rings. The zero-order chi connectivity index (χ0) is 12.0. The van der Waals surface area contributed by atoms with Gasteiger partial charge in [-0.25, -0.2) is 0 Å². The van der Waals surface area contributed by atoms with Crippen molar-refractivity contribution in [1.82, 2.24) is 0 Å². The van der Waals surface area contributed by atoms with E-state index in [1.165, 1.54) is 0 Å². The van der Waals surface area contributed by atoms with Gasteiger partial charge in [-0.05, 0) is 17.8 Å². The van der Waals surface area contributed by atoms with Crippen molar-refractivity contribution in [2.24, 2.45) is 10.4 Å². The molecule has 1 rings (SSSR count). The molecular weight excluding hydrogens is 225 g/mol. The van der Waals surface area contributed by atoms with Crippen LogP contribution in [0.15, 0.2) is 28.6 Å². The number of para-hydroxylation sites is 1. The standard InChI is InChI=1S/C9H11BN2O4.2Li/c1-7-4-3-5-8(9(7)15-2)6-11-12-16-10(13)14;;/h3-5H,6H2,1-2H3;;/q-2;2*+1. The summed E-state index contributed by atoms with van der Waals surface area (Å²) < 4.78 is 9.06. The van der Waals surface area contributed by atoms with Gasteiger partial charge in [0.15, 0.2) is 7.32 Å². The number of benzene rings is 1. The van der Waals surface area contributed by atoms with Gasteiger partial charge in [-0.15, -0.1) is 0 Å². The van der Waals surface area contributed by atoms with Crippen LogP contribution in [0.1, 0.15) is 11.1 Å². The van der Waals surface area contributed by atoms with Crippen LogP contribution in [0.2, 0.25) is 0 Å². The van der Waals surface area contributed by atoms with Crippen molar-refractivity contribution >= 4 is 7.32 Å². The van der Waals surface area contributed by atoms with Crippen LogP contribution in [0.5, 0.6) is 5.75 Å². The molecule has 0 unspecified atom stereocenters. The Balaban J connectivity index is 0. The van der Waals surface area contributed by atoms with Crippen molar-refractivity contribution in [2.75, 3.05) is 7.11 Å². The van der Waals surface area contributed by atoms with E-state index < -0.39 is 7.32 Å². The van der Waals surface area contributed by atoms with Gasteiger partial charge in [0.1, 0.15) is 5.75 Å². The molecule has 0 N–H and O–H groups in total. The molecule has 0 bridgehead atoms. The molecule has 0 aliphatic carbocycles. The third kappa shape index (κ3) is 6.51. The molecule has 86 valence electrons. The van der Waals surface area contributed by atoms with Crippen molar-refractivity contribution in [2.45, 2.75) is 13.5 Å². The summed E-state index contributed by atoms with van der Waals surface area (Å²) in [5.74, 6) is 0.710. The van der Waals surface area contributed by atoms with Crippen molar-refractivity contribution in [3.63, 3.8) is 0 Å². The second-order valence-electron chi connectivity index (χ2n) is 3.04. The largest absolute Gasteiger partial charge is 1.00 e. The van der Waals surface area contributed by atoms with E-state index in [2.05, 4.69) is 15.1 Å². The topological polar surface area (TPSA) is 89.3 Å². The first-order chi connectivity index (χ1) is 7.65. The van der Waals surface area contributed by atoms with Crippen LogP contribution in [-0.4, -0.2) is 14.4 Å². The Morgan fingerprint density at radius 3 is 2.50 bits per heavy atom. The van der Waals surface area contributed by atoms with Gasteiger partial charge in [-0.3, -0.25) is 0 Å². The SMILES string of the molecule is COc1c(C)cccc1CN=NOB([O-])[O-].[Li+].[Li+]. The molecule has 18 heavy (non-hydrogen) atoms. The van der Waals surface area contributed by atoms with Crippen molar-refractivity contribution in [3.05, 3.63) is 29.3 Å². The van der Waals surface area contributed by atoms with E-state index in [0.29, 0.717) is 5.75 Å². The van der Waals surface area contributed by atoms with Crippen molar-refractivity contribution in [3.8, 4) is 5.75 Å². The van der Waals surface area contributed by atoms with Gasteiger partial charge in [0.25, 0.3) is 0 Å². The van der Waals surface area contributed by atoms with Gasteiger partial charge in [0.05, 0.1) is 13.7 Å². The predicted octanol–water partition coefficient (Wildman–Crippen LogP) is -6.40. The number of methoxy groups -OCH3 is 1. The van der Waals surface area contributed by atoms with Crippen molar-refractivity contribution < 1.29 is 57.3 Å². The number of hydrogen-bond donors (Lipinski definition) is 0. The first-order valence-electron chi connectivity index (χ1n) is 4.62. The first kappa shape index (κ1) is 19.9. The molecule has 0 radical (unpaired) electrons. The Bertz CT molecular complexity index is 380. The number of ether oxygens (including phenoxy) is 1. The molecule has 0 amide bonds. The maximum Gasteiger partial charge on any atom is 1.00 e. The minimum absolute atomic E-state index is 0. The van der Waals surface area contributed by atoms with Gasteiger partial charge in [0.2, 0.25) is 0 Å². The Kier molecular flexibility index (Phi) is 11.6. The quantitative estimate of drug-likeness (QED) is 0.289. The van der Waals surface area contributed by atoms with Crippen molar-refractivity contribution in [1.29, 1.82) is 0 Å². The number of rotatable bonds is 5. The summed E-state index contributed by atoms with van der Waals surface area (Å²) in [6, 6.07) is 5.57. The Morgan fingerprint density at radius 1 is 1.28 bits per heavy atom. The maximum atomic E-state index is 9.96. The average Bonchev–Trinajstić information content (AvgIpc) is 2.24. The summed E-state index contributed by atoms with van der Waals surface area (Å²) in [6.07, 6.45) is 0. The van der Waals surface area contributed by atoms with Gasteiger partial charge in [-0.2, -0.15) is 5.11 Å². The summed E-state index contributed by atoms with van der Waals surface area (Å²) >= 11 is 0. The molecule has 0 saturated heterocycles. The summed E-state index contributed by atoms with van der Waals surface area (Å²) in [6.45, 7) is 2.10. The van der Waals surface area contributed by atoms with Gasteiger partial charge in [0, 0.05) is 5.56 Å². The molecule has 0 aromatic heterocycles. The molecule has 9 heteroatoms. The van der Waals surface area contributed by atoms with Gasteiger partial charge >= 0.3 is 37.7 Å².